The van der Waals surface area contributed by atoms with E-state index in [-0.39, 0.29) is 17.9 Å². The van der Waals surface area contributed by atoms with Gasteiger partial charge in [0.05, 0.1) is 18.2 Å². The molecule has 0 unspecified atom stereocenters. The summed E-state index contributed by atoms with van der Waals surface area (Å²) in [5, 5.41) is 11.8. The van der Waals surface area contributed by atoms with Gasteiger partial charge in [-0.25, -0.2) is 9.50 Å². The second kappa shape index (κ2) is 8.11. The van der Waals surface area contributed by atoms with Crippen LogP contribution in [0.25, 0.3) is 16.6 Å². The standard InChI is InChI=1S/C24H27N7O/c1-4-21(17-7-5-16(2)6-8-17)28-24(32)20-12-30(13-20)23-22-9-18(14-31(22)27-15-25-23)19-10-26-29(3)11-19/h5-11,14-15,20-21H,4,12-13H2,1-3H3,(H,28,32)/t21-/m0/s1. The van der Waals surface area contributed by atoms with Gasteiger partial charge in [-0.1, -0.05) is 36.8 Å². The Bertz CT molecular complexity index is 1250. The van der Waals surface area contributed by atoms with Crippen molar-refractivity contribution in [3.8, 4) is 11.1 Å². The zero-order valence-corrected chi connectivity index (χ0v) is 18.6. The number of rotatable bonds is 6. The van der Waals surface area contributed by atoms with E-state index in [0.717, 1.165) is 34.4 Å². The number of anilines is 1. The second-order valence-electron chi connectivity index (χ2n) is 8.53. The molecule has 0 saturated carbocycles. The molecule has 32 heavy (non-hydrogen) atoms. The molecular weight excluding hydrogens is 402 g/mol. The third-order valence-corrected chi connectivity index (χ3v) is 6.18. The molecule has 1 amide bonds. The minimum Gasteiger partial charge on any atom is -0.353 e. The fourth-order valence-corrected chi connectivity index (χ4v) is 4.22. The van der Waals surface area contributed by atoms with E-state index in [1.807, 2.05) is 30.2 Å². The fourth-order valence-electron chi connectivity index (χ4n) is 4.22. The van der Waals surface area contributed by atoms with Crippen molar-refractivity contribution in [2.24, 2.45) is 13.0 Å². The third kappa shape index (κ3) is 3.72. The van der Waals surface area contributed by atoms with Gasteiger partial charge in [-0.15, -0.1) is 0 Å². The predicted molar refractivity (Wildman–Crippen MR) is 123 cm³/mol. The highest BCUT2D eigenvalue weighted by Crippen LogP contribution is 2.30. The zero-order valence-electron chi connectivity index (χ0n) is 18.6. The summed E-state index contributed by atoms with van der Waals surface area (Å²) in [6.45, 7) is 5.47. The molecule has 1 saturated heterocycles. The summed E-state index contributed by atoms with van der Waals surface area (Å²) < 4.78 is 3.62. The predicted octanol–water partition coefficient (Wildman–Crippen LogP) is 3.14. The molecule has 0 radical (unpaired) electrons. The van der Waals surface area contributed by atoms with Crippen LogP contribution in [-0.2, 0) is 11.8 Å². The number of nitrogens with one attached hydrogen (secondary N) is 1. The summed E-state index contributed by atoms with van der Waals surface area (Å²) in [4.78, 5) is 19.5. The number of fused-ring (bicyclic) bond motifs is 1. The molecule has 1 aliphatic rings. The van der Waals surface area contributed by atoms with Crippen LogP contribution in [0.2, 0.25) is 0 Å². The molecule has 5 rings (SSSR count). The van der Waals surface area contributed by atoms with E-state index < -0.39 is 0 Å². The van der Waals surface area contributed by atoms with Gasteiger partial charge >= 0.3 is 0 Å². The summed E-state index contributed by atoms with van der Waals surface area (Å²) in [6.07, 6.45) is 8.22. The molecule has 164 valence electrons. The van der Waals surface area contributed by atoms with Gasteiger partial charge in [-0.2, -0.15) is 10.2 Å². The molecule has 0 bridgehead atoms. The monoisotopic (exact) mass is 429 g/mol. The maximum Gasteiger partial charge on any atom is 0.227 e. The Labute approximate surface area is 186 Å². The molecule has 3 aromatic heterocycles. The Morgan fingerprint density at radius 2 is 1.94 bits per heavy atom. The van der Waals surface area contributed by atoms with E-state index in [0.29, 0.717) is 13.1 Å². The average Bonchev–Trinajstić information content (AvgIpc) is 3.38. The van der Waals surface area contributed by atoms with Crippen LogP contribution in [-0.4, -0.2) is 43.4 Å². The van der Waals surface area contributed by atoms with E-state index in [2.05, 4.69) is 69.6 Å². The quantitative estimate of drug-likeness (QED) is 0.509. The molecule has 4 aromatic rings. The highest BCUT2D eigenvalue weighted by molar-refractivity contribution is 5.84. The number of aryl methyl sites for hydroxylation is 2. The van der Waals surface area contributed by atoms with Gasteiger partial charge in [-0.05, 0) is 25.0 Å². The molecule has 1 aliphatic heterocycles. The number of aromatic nitrogens is 5. The summed E-state index contributed by atoms with van der Waals surface area (Å²) in [5.41, 5.74) is 5.37. The minimum atomic E-state index is -0.0442. The molecular formula is C24H27N7O. The third-order valence-electron chi connectivity index (χ3n) is 6.18. The normalized spacial score (nSPS) is 15.0. The first kappa shape index (κ1) is 20.2. The molecule has 8 nitrogen and oxygen atoms in total. The molecule has 0 spiro atoms. The largest absolute Gasteiger partial charge is 0.353 e. The highest BCUT2D eigenvalue weighted by atomic mass is 16.2. The van der Waals surface area contributed by atoms with E-state index in [9.17, 15) is 4.79 Å². The Balaban J connectivity index is 1.28. The lowest BCUT2D eigenvalue weighted by atomic mass is 9.97. The van der Waals surface area contributed by atoms with Gasteiger partial charge in [0.25, 0.3) is 0 Å². The first-order valence-corrected chi connectivity index (χ1v) is 11.0. The fraction of sp³-hybridized carbons (Fsp3) is 0.333. The molecule has 8 heteroatoms. The van der Waals surface area contributed by atoms with Crippen molar-refractivity contribution in [3.63, 3.8) is 0 Å². The van der Waals surface area contributed by atoms with Crippen LogP contribution < -0.4 is 10.2 Å². The molecule has 1 fully saturated rings. The van der Waals surface area contributed by atoms with E-state index >= 15 is 0 Å². The minimum absolute atomic E-state index is 0.0376. The maximum absolute atomic E-state index is 12.9. The highest BCUT2D eigenvalue weighted by Gasteiger charge is 2.35. The van der Waals surface area contributed by atoms with Crippen molar-refractivity contribution in [2.45, 2.75) is 26.3 Å². The first-order valence-electron chi connectivity index (χ1n) is 11.0. The number of hydrogen-bond acceptors (Lipinski definition) is 5. The van der Waals surface area contributed by atoms with Crippen molar-refractivity contribution >= 4 is 17.2 Å². The van der Waals surface area contributed by atoms with Crippen LogP contribution in [0, 0.1) is 12.8 Å². The SMILES string of the molecule is CC[C@H](NC(=O)C1CN(c2ncnn3cc(-c4cnn(C)c4)cc23)C1)c1ccc(C)cc1. The van der Waals surface area contributed by atoms with Crippen molar-refractivity contribution in [3.05, 3.63) is 66.4 Å². The van der Waals surface area contributed by atoms with Crippen molar-refractivity contribution in [1.29, 1.82) is 0 Å². The number of carbonyl (C=O) groups excluding carboxylic acids is 1. The molecule has 1 N–H and O–H groups in total. The lowest BCUT2D eigenvalue weighted by Crippen LogP contribution is -2.54. The van der Waals surface area contributed by atoms with E-state index in [4.69, 9.17) is 0 Å². The Kier molecular flexibility index (Phi) is 5.13. The van der Waals surface area contributed by atoms with Crippen molar-refractivity contribution < 1.29 is 4.79 Å². The molecule has 1 atom stereocenters. The van der Waals surface area contributed by atoms with Gasteiger partial charge in [0.1, 0.15) is 11.8 Å². The maximum atomic E-state index is 12.9. The lowest BCUT2D eigenvalue weighted by Gasteiger charge is -2.39. The molecule has 0 aliphatic carbocycles. The Morgan fingerprint density at radius 3 is 2.62 bits per heavy atom. The summed E-state index contributed by atoms with van der Waals surface area (Å²) in [7, 11) is 1.90. The van der Waals surface area contributed by atoms with E-state index in [1.54, 1.807) is 11.0 Å². The van der Waals surface area contributed by atoms with Gasteiger partial charge in [0.2, 0.25) is 5.91 Å². The van der Waals surface area contributed by atoms with Crippen LogP contribution in [0.3, 0.4) is 0 Å². The number of amides is 1. The van der Waals surface area contributed by atoms with Gasteiger partial charge < -0.3 is 10.2 Å². The average molecular weight is 430 g/mol. The van der Waals surface area contributed by atoms with Gasteiger partial charge in [-0.3, -0.25) is 9.48 Å². The molecule has 4 heterocycles. The van der Waals surface area contributed by atoms with Crippen LogP contribution in [0.1, 0.15) is 30.5 Å². The van der Waals surface area contributed by atoms with E-state index in [1.165, 1.54) is 5.56 Å². The number of benzene rings is 1. The lowest BCUT2D eigenvalue weighted by molar-refractivity contribution is -0.126. The smallest absolute Gasteiger partial charge is 0.227 e. The Hall–Kier alpha value is -3.68. The second-order valence-corrected chi connectivity index (χ2v) is 8.53. The number of hydrogen-bond donors (Lipinski definition) is 1. The van der Waals surface area contributed by atoms with Gasteiger partial charge in [0, 0.05) is 43.7 Å². The van der Waals surface area contributed by atoms with Crippen molar-refractivity contribution in [2.75, 3.05) is 18.0 Å². The topological polar surface area (TPSA) is 80.3 Å². The van der Waals surface area contributed by atoms with Crippen molar-refractivity contribution in [1.82, 2.24) is 29.7 Å². The molecule has 1 aromatic carbocycles. The van der Waals surface area contributed by atoms with Gasteiger partial charge in [0.15, 0.2) is 5.82 Å². The van der Waals surface area contributed by atoms with Crippen LogP contribution >= 0.6 is 0 Å². The first-order chi connectivity index (χ1) is 15.5. The number of nitrogens with zero attached hydrogens (tertiary/aromatic N) is 6. The summed E-state index contributed by atoms with van der Waals surface area (Å²) in [5.74, 6) is 0.909. The van der Waals surface area contributed by atoms with Crippen LogP contribution in [0.5, 0.6) is 0 Å². The Morgan fingerprint density at radius 1 is 1.16 bits per heavy atom. The summed E-state index contributed by atoms with van der Waals surface area (Å²) in [6, 6.07) is 10.5. The van der Waals surface area contributed by atoms with Crippen LogP contribution in [0.15, 0.2) is 55.2 Å². The summed E-state index contributed by atoms with van der Waals surface area (Å²) >= 11 is 0. The van der Waals surface area contributed by atoms with Crippen LogP contribution in [0.4, 0.5) is 5.82 Å². The number of carbonyl (C=O) groups is 1. The zero-order chi connectivity index (χ0) is 22.2.